The predicted octanol–water partition coefficient (Wildman–Crippen LogP) is 2.22. The topological polar surface area (TPSA) is 34.1 Å². The molecule has 0 aliphatic rings. The molecule has 1 aromatic rings. The fourth-order valence-corrected chi connectivity index (χ4v) is 1.91. The summed E-state index contributed by atoms with van der Waals surface area (Å²) in [4.78, 5) is 4.27. The van der Waals surface area contributed by atoms with Crippen LogP contribution in [-0.2, 0) is 4.74 Å². The van der Waals surface area contributed by atoms with Gasteiger partial charge in [0.05, 0.1) is 12.1 Å². The van der Waals surface area contributed by atoms with Crippen LogP contribution in [0.3, 0.4) is 0 Å². The summed E-state index contributed by atoms with van der Waals surface area (Å²) in [5.41, 5.74) is 0. The van der Waals surface area contributed by atoms with Gasteiger partial charge in [-0.1, -0.05) is 0 Å². The Hall–Kier alpha value is -0.450. The average molecular weight is 214 g/mol. The van der Waals surface area contributed by atoms with Gasteiger partial charge in [0.2, 0.25) is 0 Å². The number of methoxy groups -OCH3 is 1. The maximum absolute atomic E-state index is 5.25. The Morgan fingerprint density at radius 2 is 2.14 bits per heavy atom. The number of rotatable bonds is 5. The lowest BCUT2D eigenvalue weighted by atomic mass is 10.2. The molecule has 80 valence electrons. The third kappa shape index (κ3) is 3.04. The molecular formula is C10H18N2OS. The van der Waals surface area contributed by atoms with Gasteiger partial charge in [-0.05, 0) is 20.8 Å². The maximum Gasteiger partial charge on any atom is 0.109 e. The van der Waals surface area contributed by atoms with Crippen molar-refractivity contribution < 1.29 is 4.74 Å². The monoisotopic (exact) mass is 214 g/mol. The highest BCUT2D eigenvalue weighted by atomic mass is 32.1. The summed E-state index contributed by atoms with van der Waals surface area (Å²) in [6, 6.07) is 0.626. The molecule has 0 aromatic carbocycles. The molecule has 0 aliphatic heterocycles. The van der Waals surface area contributed by atoms with Crippen LogP contribution in [0.1, 0.15) is 31.8 Å². The van der Waals surface area contributed by atoms with Crippen LogP contribution in [0, 0.1) is 0 Å². The molecule has 0 saturated heterocycles. The number of aromatic nitrogens is 1. The number of ether oxygens (including phenoxy) is 1. The molecule has 14 heavy (non-hydrogen) atoms. The molecule has 0 spiro atoms. The van der Waals surface area contributed by atoms with Crippen LogP contribution >= 0.6 is 11.3 Å². The zero-order chi connectivity index (χ0) is 10.6. The molecule has 1 heterocycles. The standard InChI is InChI=1S/C10H18N2OS/c1-7(9(3)13-4)12-8(2)10-11-5-6-14-10/h5-9,12H,1-4H3. The van der Waals surface area contributed by atoms with Crippen molar-refractivity contribution in [2.45, 2.75) is 39.0 Å². The summed E-state index contributed by atoms with van der Waals surface area (Å²) >= 11 is 1.68. The molecule has 0 bridgehead atoms. The zero-order valence-electron chi connectivity index (χ0n) is 9.15. The first-order chi connectivity index (χ1) is 6.65. The fourth-order valence-electron chi connectivity index (χ4n) is 1.25. The van der Waals surface area contributed by atoms with Crippen LogP contribution in [0.2, 0.25) is 0 Å². The summed E-state index contributed by atoms with van der Waals surface area (Å²) in [6.07, 6.45) is 2.06. The van der Waals surface area contributed by atoms with E-state index in [1.54, 1.807) is 18.4 Å². The van der Waals surface area contributed by atoms with Crippen LogP contribution in [-0.4, -0.2) is 24.2 Å². The van der Waals surface area contributed by atoms with E-state index in [0.717, 1.165) is 5.01 Å². The van der Waals surface area contributed by atoms with Crippen molar-refractivity contribution in [3.8, 4) is 0 Å². The highest BCUT2D eigenvalue weighted by Gasteiger charge is 2.15. The van der Waals surface area contributed by atoms with E-state index in [1.807, 2.05) is 11.6 Å². The SMILES string of the molecule is COC(C)C(C)NC(C)c1nccs1. The van der Waals surface area contributed by atoms with Crippen LogP contribution in [0.5, 0.6) is 0 Å². The largest absolute Gasteiger partial charge is 0.380 e. The highest BCUT2D eigenvalue weighted by molar-refractivity contribution is 7.09. The lowest BCUT2D eigenvalue weighted by molar-refractivity contribution is 0.0852. The first-order valence-electron chi connectivity index (χ1n) is 4.83. The molecule has 0 fully saturated rings. The van der Waals surface area contributed by atoms with Crippen LogP contribution in [0.15, 0.2) is 11.6 Å². The molecular weight excluding hydrogens is 196 g/mol. The van der Waals surface area contributed by atoms with Gasteiger partial charge in [-0.3, -0.25) is 0 Å². The third-order valence-corrected chi connectivity index (χ3v) is 3.37. The van der Waals surface area contributed by atoms with Gasteiger partial charge in [-0.15, -0.1) is 11.3 Å². The van der Waals surface area contributed by atoms with Gasteiger partial charge < -0.3 is 10.1 Å². The highest BCUT2D eigenvalue weighted by Crippen LogP contribution is 2.16. The van der Waals surface area contributed by atoms with Gasteiger partial charge >= 0.3 is 0 Å². The van der Waals surface area contributed by atoms with Gasteiger partial charge in [0.25, 0.3) is 0 Å². The van der Waals surface area contributed by atoms with Crippen LogP contribution < -0.4 is 5.32 Å². The van der Waals surface area contributed by atoms with Crippen molar-refractivity contribution in [2.24, 2.45) is 0 Å². The van der Waals surface area contributed by atoms with Crippen LogP contribution in [0.25, 0.3) is 0 Å². The van der Waals surface area contributed by atoms with E-state index in [9.17, 15) is 0 Å². The Kier molecular flexibility index (Phi) is 4.51. The van der Waals surface area contributed by atoms with E-state index in [4.69, 9.17) is 4.74 Å². The predicted molar refractivity (Wildman–Crippen MR) is 59.6 cm³/mol. The van der Waals surface area contributed by atoms with Crippen molar-refractivity contribution in [3.05, 3.63) is 16.6 Å². The van der Waals surface area contributed by atoms with Crippen molar-refractivity contribution in [3.63, 3.8) is 0 Å². The Bertz CT molecular complexity index is 251. The zero-order valence-corrected chi connectivity index (χ0v) is 9.97. The third-order valence-electron chi connectivity index (χ3n) is 2.41. The summed E-state index contributed by atoms with van der Waals surface area (Å²) in [7, 11) is 1.73. The second-order valence-corrected chi connectivity index (χ2v) is 4.41. The van der Waals surface area contributed by atoms with Crippen molar-refractivity contribution >= 4 is 11.3 Å². The Morgan fingerprint density at radius 3 is 2.64 bits per heavy atom. The van der Waals surface area contributed by atoms with Gasteiger partial charge in [0.1, 0.15) is 5.01 Å². The van der Waals surface area contributed by atoms with Gasteiger partial charge in [0, 0.05) is 24.7 Å². The van der Waals surface area contributed by atoms with Gasteiger partial charge in [-0.2, -0.15) is 0 Å². The van der Waals surface area contributed by atoms with E-state index in [1.165, 1.54) is 0 Å². The van der Waals surface area contributed by atoms with Gasteiger partial charge in [-0.25, -0.2) is 4.98 Å². The second-order valence-electron chi connectivity index (χ2n) is 3.49. The molecule has 4 heteroatoms. The van der Waals surface area contributed by atoms with E-state index in [0.29, 0.717) is 12.1 Å². The molecule has 1 rings (SSSR count). The van der Waals surface area contributed by atoms with E-state index < -0.39 is 0 Å². The van der Waals surface area contributed by atoms with Crippen molar-refractivity contribution in [2.75, 3.05) is 7.11 Å². The molecule has 3 unspecified atom stereocenters. The van der Waals surface area contributed by atoms with E-state index in [-0.39, 0.29) is 6.10 Å². The first-order valence-corrected chi connectivity index (χ1v) is 5.71. The lowest BCUT2D eigenvalue weighted by Gasteiger charge is -2.23. The van der Waals surface area contributed by atoms with Crippen molar-refractivity contribution in [1.29, 1.82) is 0 Å². The fraction of sp³-hybridized carbons (Fsp3) is 0.700. The Labute approximate surface area is 89.5 Å². The lowest BCUT2D eigenvalue weighted by Crippen LogP contribution is -2.38. The second kappa shape index (κ2) is 5.44. The van der Waals surface area contributed by atoms with Crippen LogP contribution in [0.4, 0.5) is 0 Å². The Balaban J connectivity index is 2.44. The van der Waals surface area contributed by atoms with Gasteiger partial charge in [0.15, 0.2) is 0 Å². The summed E-state index contributed by atoms with van der Waals surface area (Å²) < 4.78 is 5.25. The molecule has 1 aromatic heterocycles. The quantitative estimate of drug-likeness (QED) is 0.816. The number of hydrogen-bond donors (Lipinski definition) is 1. The number of nitrogens with one attached hydrogen (secondary N) is 1. The smallest absolute Gasteiger partial charge is 0.109 e. The molecule has 0 amide bonds. The molecule has 3 atom stereocenters. The maximum atomic E-state index is 5.25. The minimum atomic E-state index is 0.220. The summed E-state index contributed by atoms with van der Waals surface area (Å²) in [5, 5.41) is 6.58. The molecule has 0 radical (unpaired) electrons. The number of hydrogen-bond acceptors (Lipinski definition) is 4. The average Bonchev–Trinajstić information content (AvgIpc) is 2.69. The number of nitrogens with zero attached hydrogens (tertiary/aromatic N) is 1. The van der Waals surface area contributed by atoms with Crippen molar-refractivity contribution in [1.82, 2.24) is 10.3 Å². The molecule has 0 saturated carbocycles. The van der Waals surface area contributed by atoms with E-state index in [2.05, 4.69) is 31.1 Å². The molecule has 3 nitrogen and oxygen atoms in total. The van der Waals surface area contributed by atoms with E-state index >= 15 is 0 Å². The normalized spacial score (nSPS) is 17.7. The summed E-state index contributed by atoms with van der Waals surface area (Å²) in [6.45, 7) is 6.31. The minimum absolute atomic E-state index is 0.220. The number of thiazole rings is 1. The first kappa shape index (κ1) is 11.6. The Morgan fingerprint density at radius 1 is 1.43 bits per heavy atom. The molecule has 0 aliphatic carbocycles. The summed E-state index contributed by atoms with van der Waals surface area (Å²) in [5.74, 6) is 0. The molecule has 1 N–H and O–H groups in total. The minimum Gasteiger partial charge on any atom is -0.380 e.